The number of sulfonamides is 1. The predicted octanol–water partition coefficient (Wildman–Crippen LogP) is 3.85. The van der Waals surface area contributed by atoms with E-state index in [4.69, 9.17) is 0 Å². The lowest BCUT2D eigenvalue weighted by molar-refractivity contribution is -0.140. The standard InChI is InChI=1S/C29H35N3O4S/c1-5-30-29(34)27(19-24-12-8-6-9-13-24)31(20-25-14-10-7-11-15-25)28(33)21-32(37(4,35)36)26-18-22(2)16-17-23(26)3/h6-18,27H,5,19-21H2,1-4H3,(H,30,34). The Morgan fingerprint density at radius 1 is 0.892 bits per heavy atom. The smallest absolute Gasteiger partial charge is 0.244 e. The van der Waals surface area contributed by atoms with Crippen molar-refractivity contribution in [2.24, 2.45) is 0 Å². The zero-order valence-corrected chi connectivity index (χ0v) is 22.7. The Morgan fingerprint density at radius 2 is 1.49 bits per heavy atom. The zero-order valence-electron chi connectivity index (χ0n) is 21.8. The first-order valence-electron chi connectivity index (χ1n) is 12.3. The van der Waals surface area contributed by atoms with Crippen molar-refractivity contribution in [3.8, 4) is 0 Å². The van der Waals surface area contributed by atoms with Crippen LogP contribution in [0.15, 0.2) is 78.9 Å². The number of likely N-dealkylation sites (N-methyl/N-ethyl adjacent to an activating group) is 1. The molecule has 0 aliphatic rings. The summed E-state index contributed by atoms with van der Waals surface area (Å²) in [5.74, 6) is -0.740. The summed E-state index contributed by atoms with van der Waals surface area (Å²) in [6.45, 7) is 5.67. The molecule has 3 aromatic rings. The molecule has 8 heteroatoms. The maximum Gasteiger partial charge on any atom is 0.244 e. The number of benzene rings is 3. The minimum absolute atomic E-state index is 0.165. The minimum Gasteiger partial charge on any atom is -0.355 e. The topological polar surface area (TPSA) is 86.8 Å². The molecule has 0 aliphatic heterocycles. The summed E-state index contributed by atoms with van der Waals surface area (Å²) in [6.07, 6.45) is 1.39. The maximum absolute atomic E-state index is 14.0. The second-order valence-corrected chi connectivity index (χ2v) is 11.1. The quantitative estimate of drug-likeness (QED) is 0.415. The number of hydrogen-bond acceptors (Lipinski definition) is 4. The van der Waals surface area contributed by atoms with Gasteiger partial charge in [-0.3, -0.25) is 13.9 Å². The Balaban J connectivity index is 2.04. The molecular formula is C29H35N3O4S. The van der Waals surface area contributed by atoms with Gasteiger partial charge in [-0.2, -0.15) is 0 Å². The molecule has 0 saturated carbocycles. The van der Waals surface area contributed by atoms with E-state index < -0.39 is 28.5 Å². The molecule has 0 radical (unpaired) electrons. The van der Waals surface area contributed by atoms with E-state index in [2.05, 4.69) is 5.32 Å². The summed E-state index contributed by atoms with van der Waals surface area (Å²) < 4.78 is 26.9. The van der Waals surface area contributed by atoms with Crippen molar-refractivity contribution in [3.05, 3.63) is 101 Å². The summed E-state index contributed by atoms with van der Waals surface area (Å²) in [5, 5.41) is 2.85. The van der Waals surface area contributed by atoms with Crippen molar-refractivity contribution in [2.45, 2.75) is 39.8 Å². The number of carbonyl (C=O) groups excluding carboxylic acids is 2. The number of nitrogens with zero attached hydrogens (tertiary/aromatic N) is 2. The third kappa shape index (κ3) is 7.67. The first-order valence-corrected chi connectivity index (χ1v) is 14.1. The third-order valence-corrected chi connectivity index (χ3v) is 7.26. The average Bonchev–Trinajstić information content (AvgIpc) is 2.87. The lowest BCUT2D eigenvalue weighted by Crippen LogP contribution is -2.53. The van der Waals surface area contributed by atoms with Crippen LogP contribution in [0.4, 0.5) is 5.69 Å². The second-order valence-electron chi connectivity index (χ2n) is 9.17. The van der Waals surface area contributed by atoms with Crippen molar-refractivity contribution in [1.82, 2.24) is 10.2 Å². The fourth-order valence-electron chi connectivity index (χ4n) is 4.21. The number of anilines is 1. The van der Waals surface area contributed by atoms with Gasteiger partial charge in [0, 0.05) is 19.5 Å². The molecule has 0 saturated heterocycles. The van der Waals surface area contributed by atoms with Gasteiger partial charge in [0.1, 0.15) is 12.6 Å². The highest BCUT2D eigenvalue weighted by Gasteiger charge is 2.33. The van der Waals surface area contributed by atoms with Gasteiger partial charge in [-0.25, -0.2) is 8.42 Å². The van der Waals surface area contributed by atoms with Crippen LogP contribution in [0.2, 0.25) is 0 Å². The van der Waals surface area contributed by atoms with Crippen LogP contribution in [0.5, 0.6) is 0 Å². The Bertz CT molecular complexity index is 1310. The van der Waals surface area contributed by atoms with Crippen LogP contribution >= 0.6 is 0 Å². The van der Waals surface area contributed by atoms with Crippen LogP contribution in [-0.4, -0.2) is 50.5 Å². The molecule has 1 atom stereocenters. The van der Waals surface area contributed by atoms with Gasteiger partial charge < -0.3 is 10.2 Å². The van der Waals surface area contributed by atoms with Gasteiger partial charge in [-0.05, 0) is 49.1 Å². The van der Waals surface area contributed by atoms with E-state index in [1.807, 2.05) is 93.6 Å². The van der Waals surface area contributed by atoms with E-state index in [0.717, 1.165) is 32.8 Å². The van der Waals surface area contributed by atoms with Gasteiger partial charge in [0.15, 0.2) is 0 Å². The SMILES string of the molecule is CCNC(=O)C(Cc1ccccc1)N(Cc1ccccc1)C(=O)CN(c1cc(C)ccc1C)S(C)(=O)=O. The van der Waals surface area contributed by atoms with Crippen molar-refractivity contribution in [3.63, 3.8) is 0 Å². The van der Waals surface area contributed by atoms with Gasteiger partial charge in [0.2, 0.25) is 21.8 Å². The average molecular weight is 522 g/mol. The molecule has 0 fully saturated rings. The second kappa shape index (κ2) is 12.5. The lowest BCUT2D eigenvalue weighted by atomic mass is 10.0. The number of carbonyl (C=O) groups is 2. The van der Waals surface area contributed by atoms with E-state index in [-0.39, 0.29) is 12.5 Å². The third-order valence-electron chi connectivity index (χ3n) is 6.13. The molecule has 0 spiro atoms. The van der Waals surface area contributed by atoms with E-state index in [0.29, 0.717) is 18.7 Å². The molecular weight excluding hydrogens is 486 g/mol. The summed E-state index contributed by atoms with van der Waals surface area (Å²) >= 11 is 0. The molecule has 196 valence electrons. The predicted molar refractivity (Wildman–Crippen MR) is 148 cm³/mol. The minimum atomic E-state index is -3.79. The molecule has 0 aromatic heterocycles. The van der Waals surface area contributed by atoms with E-state index in [9.17, 15) is 18.0 Å². The van der Waals surface area contributed by atoms with Gasteiger partial charge >= 0.3 is 0 Å². The lowest BCUT2D eigenvalue weighted by Gasteiger charge is -2.33. The molecule has 3 rings (SSSR count). The van der Waals surface area contributed by atoms with Crippen molar-refractivity contribution >= 4 is 27.5 Å². The Labute approximate surface area is 220 Å². The van der Waals surface area contributed by atoms with Crippen LogP contribution in [0.25, 0.3) is 0 Å². The van der Waals surface area contributed by atoms with Gasteiger partial charge in [-0.1, -0.05) is 72.8 Å². The Hall–Kier alpha value is -3.65. The Morgan fingerprint density at radius 3 is 2.05 bits per heavy atom. The first-order chi connectivity index (χ1) is 17.6. The molecule has 0 bridgehead atoms. The number of aryl methyl sites for hydroxylation is 2. The summed E-state index contributed by atoms with van der Waals surface area (Å²) in [7, 11) is -3.79. The van der Waals surface area contributed by atoms with Crippen molar-refractivity contribution < 1.29 is 18.0 Å². The molecule has 37 heavy (non-hydrogen) atoms. The van der Waals surface area contributed by atoms with Crippen LogP contribution in [0.3, 0.4) is 0 Å². The molecule has 7 nitrogen and oxygen atoms in total. The number of amides is 2. The summed E-state index contributed by atoms with van der Waals surface area (Å²) in [5.41, 5.74) is 3.82. The van der Waals surface area contributed by atoms with Crippen molar-refractivity contribution in [1.29, 1.82) is 0 Å². The van der Waals surface area contributed by atoms with E-state index in [1.54, 1.807) is 6.07 Å². The van der Waals surface area contributed by atoms with E-state index in [1.165, 1.54) is 4.90 Å². The molecule has 0 aliphatic carbocycles. The summed E-state index contributed by atoms with van der Waals surface area (Å²) in [6, 6.07) is 23.6. The first kappa shape index (κ1) is 27.9. The fraction of sp³-hybridized carbons (Fsp3) is 0.310. The van der Waals surface area contributed by atoms with Crippen LogP contribution in [-0.2, 0) is 32.6 Å². The molecule has 1 N–H and O–H groups in total. The van der Waals surface area contributed by atoms with Crippen LogP contribution < -0.4 is 9.62 Å². The van der Waals surface area contributed by atoms with Gasteiger partial charge in [0.25, 0.3) is 0 Å². The monoisotopic (exact) mass is 521 g/mol. The fourth-order valence-corrected chi connectivity index (χ4v) is 5.11. The zero-order chi connectivity index (χ0) is 27.0. The highest BCUT2D eigenvalue weighted by molar-refractivity contribution is 7.92. The van der Waals surface area contributed by atoms with Gasteiger partial charge in [0.05, 0.1) is 11.9 Å². The number of nitrogens with one attached hydrogen (secondary N) is 1. The van der Waals surface area contributed by atoms with Crippen molar-refractivity contribution in [2.75, 3.05) is 23.7 Å². The van der Waals surface area contributed by atoms with Gasteiger partial charge in [-0.15, -0.1) is 0 Å². The molecule has 2 amide bonds. The van der Waals surface area contributed by atoms with Crippen LogP contribution in [0.1, 0.15) is 29.2 Å². The summed E-state index contributed by atoms with van der Waals surface area (Å²) in [4.78, 5) is 28.7. The Kier molecular flexibility index (Phi) is 9.47. The highest BCUT2D eigenvalue weighted by Crippen LogP contribution is 2.25. The molecule has 3 aromatic carbocycles. The number of rotatable bonds is 11. The molecule has 1 unspecified atom stereocenters. The largest absolute Gasteiger partial charge is 0.355 e. The number of hydrogen-bond donors (Lipinski definition) is 1. The highest BCUT2D eigenvalue weighted by atomic mass is 32.2. The van der Waals surface area contributed by atoms with Crippen LogP contribution in [0, 0.1) is 13.8 Å². The normalized spacial score (nSPS) is 12.0. The van der Waals surface area contributed by atoms with E-state index >= 15 is 0 Å². The molecule has 0 heterocycles. The maximum atomic E-state index is 14.0.